The molecule has 1 saturated heterocycles. The van der Waals surface area contributed by atoms with Crippen LogP contribution in [0.5, 0.6) is 0 Å². The Balaban J connectivity index is 1.79. The number of amides is 1. The van der Waals surface area contributed by atoms with Crippen LogP contribution >= 0.6 is 0 Å². The molecule has 1 amide bonds. The quantitative estimate of drug-likeness (QED) is 0.646. The number of imidazole rings is 1. The van der Waals surface area contributed by atoms with Gasteiger partial charge in [0.05, 0.1) is 7.05 Å². The van der Waals surface area contributed by atoms with Crippen molar-refractivity contribution in [2.75, 3.05) is 23.7 Å². The molecule has 2 aromatic rings. The largest absolute Gasteiger partial charge is 0.399 e. The molecular formula is C17H24N5O+. The van der Waals surface area contributed by atoms with E-state index in [4.69, 9.17) is 11.5 Å². The number of hydrogen-bond donors (Lipinski definition) is 2. The highest BCUT2D eigenvalue weighted by Gasteiger charge is 2.37. The number of primary amides is 1. The van der Waals surface area contributed by atoms with Crippen molar-refractivity contribution in [1.29, 1.82) is 0 Å². The minimum absolute atomic E-state index is 0.206. The lowest BCUT2D eigenvalue weighted by molar-refractivity contribution is -0.671. The van der Waals surface area contributed by atoms with E-state index in [-0.39, 0.29) is 17.9 Å². The molecule has 122 valence electrons. The van der Waals surface area contributed by atoms with Gasteiger partial charge in [-0.2, -0.15) is 0 Å². The highest BCUT2D eigenvalue weighted by molar-refractivity contribution is 5.79. The molecule has 6 heteroatoms. The van der Waals surface area contributed by atoms with E-state index in [0.717, 1.165) is 36.4 Å². The monoisotopic (exact) mass is 314 g/mol. The van der Waals surface area contributed by atoms with Crippen LogP contribution < -0.4 is 20.9 Å². The minimum Gasteiger partial charge on any atom is -0.399 e. The number of benzene rings is 1. The average Bonchev–Trinajstić information content (AvgIpc) is 3.12. The van der Waals surface area contributed by atoms with Crippen molar-refractivity contribution in [3.05, 3.63) is 42.5 Å². The summed E-state index contributed by atoms with van der Waals surface area (Å²) >= 11 is 0. The lowest BCUT2D eigenvalue weighted by atomic mass is 9.98. The summed E-state index contributed by atoms with van der Waals surface area (Å²) in [6, 6.07) is 5.78. The van der Waals surface area contributed by atoms with Crippen molar-refractivity contribution in [2.45, 2.75) is 19.4 Å². The van der Waals surface area contributed by atoms with Gasteiger partial charge in [0.1, 0.15) is 12.4 Å². The summed E-state index contributed by atoms with van der Waals surface area (Å²) in [6.45, 7) is 3.75. The van der Waals surface area contributed by atoms with Gasteiger partial charge in [0, 0.05) is 30.4 Å². The van der Waals surface area contributed by atoms with E-state index in [9.17, 15) is 4.79 Å². The van der Waals surface area contributed by atoms with Crippen LogP contribution in [0.1, 0.15) is 18.0 Å². The number of aromatic nitrogens is 2. The first-order chi connectivity index (χ1) is 11.0. The molecule has 1 aliphatic heterocycles. The molecule has 1 fully saturated rings. The molecule has 0 aliphatic carbocycles. The van der Waals surface area contributed by atoms with Crippen LogP contribution in [0.25, 0.3) is 0 Å². The number of aryl methyl sites for hydroxylation is 2. The number of carbonyl (C=O) groups is 1. The van der Waals surface area contributed by atoms with Gasteiger partial charge in [-0.3, -0.25) is 4.79 Å². The van der Waals surface area contributed by atoms with E-state index < -0.39 is 0 Å². The Hall–Kier alpha value is -2.50. The molecule has 2 unspecified atom stereocenters. The fourth-order valence-corrected chi connectivity index (χ4v) is 3.39. The smallest absolute Gasteiger partial charge is 0.263 e. The Bertz CT molecular complexity index is 724. The first-order valence-corrected chi connectivity index (χ1v) is 7.89. The van der Waals surface area contributed by atoms with Crippen molar-refractivity contribution in [3.63, 3.8) is 0 Å². The summed E-state index contributed by atoms with van der Waals surface area (Å²) in [4.78, 5) is 14.3. The van der Waals surface area contributed by atoms with Crippen LogP contribution in [0, 0.1) is 12.8 Å². The first kappa shape index (κ1) is 15.4. The van der Waals surface area contributed by atoms with Gasteiger partial charge in [-0.1, -0.05) is 0 Å². The molecule has 2 heterocycles. The van der Waals surface area contributed by atoms with E-state index in [1.54, 1.807) is 0 Å². The fourth-order valence-electron chi connectivity index (χ4n) is 3.39. The summed E-state index contributed by atoms with van der Waals surface area (Å²) in [6.07, 6.45) is 6.68. The Morgan fingerprint density at radius 3 is 2.83 bits per heavy atom. The van der Waals surface area contributed by atoms with Crippen molar-refractivity contribution >= 4 is 17.3 Å². The maximum Gasteiger partial charge on any atom is 0.263 e. The summed E-state index contributed by atoms with van der Waals surface area (Å²) in [5.41, 5.74) is 14.6. The van der Waals surface area contributed by atoms with Gasteiger partial charge >= 0.3 is 0 Å². The van der Waals surface area contributed by atoms with Gasteiger partial charge in [-0.15, -0.1) is 0 Å². The second-order valence-corrected chi connectivity index (χ2v) is 6.41. The zero-order valence-corrected chi connectivity index (χ0v) is 13.6. The van der Waals surface area contributed by atoms with E-state index in [1.807, 2.05) is 54.0 Å². The van der Waals surface area contributed by atoms with Gasteiger partial charge in [-0.25, -0.2) is 9.13 Å². The summed E-state index contributed by atoms with van der Waals surface area (Å²) in [5, 5.41) is 0. The van der Waals surface area contributed by atoms with Crippen LogP contribution in [0.3, 0.4) is 0 Å². The normalized spacial score (nSPS) is 19.0. The minimum atomic E-state index is -0.309. The van der Waals surface area contributed by atoms with Crippen molar-refractivity contribution in [2.24, 2.45) is 18.7 Å². The molecule has 0 spiro atoms. The molecule has 0 bridgehead atoms. The van der Waals surface area contributed by atoms with Crippen LogP contribution in [0.4, 0.5) is 11.4 Å². The Morgan fingerprint density at radius 1 is 1.43 bits per heavy atom. The molecule has 1 aromatic carbocycles. The summed E-state index contributed by atoms with van der Waals surface area (Å²) in [7, 11) is 1.94. The van der Waals surface area contributed by atoms with Crippen LogP contribution in [-0.4, -0.2) is 23.6 Å². The first-order valence-electron chi connectivity index (χ1n) is 7.89. The van der Waals surface area contributed by atoms with E-state index in [1.165, 1.54) is 0 Å². The molecule has 0 radical (unpaired) electrons. The van der Waals surface area contributed by atoms with Gasteiger partial charge in [0.25, 0.3) is 5.91 Å². The second kappa shape index (κ2) is 5.95. The van der Waals surface area contributed by atoms with Crippen LogP contribution in [-0.2, 0) is 11.8 Å². The summed E-state index contributed by atoms with van der Waals surface area (Å²) in [5.74, 6) is -0.0701. The third kappa shape index (κ3) is 3.02. The van der Waals surface area contributed by atoms with Gasteiger partial charge in [-0.05, 0) is 37.1 Å². The van der Waals surface area contributed by atoms with Crippen molar-refractivity contribution in [1.82, 2.24) is 4.57 Å². The molecule has 0 saturated carbocycles. The lowest BCUT2D eigenvalue weighted by Gasteiger charge is -2.21. The Labute approximate surface area is 136 Å². The van der Waals surface area contributed by atoms with Gasteiger partial charge < -0.3 is 16.4 Å². The molecular weight excluding hydrogens is 290 g/mol. The predicted octanol–water partition coefficient (Wildman–Crippen LogP) is 0.756. The molecule has 6 nitrogen and oxygen atoms in total. The maximum atomic E-state index is 12.0. The van der Waals surface area contributed by atoms with E-state index in [2.05, 4.69) is 11.0 Å². The van der Waals surface area contributed by atoms with Crippen molar-refractivity contribution < 1.29 is 9.36 Å². The molecule has 2 atom stereocenters. The lowest BCUT2D eigenvalue weighted by Crippen LogP contribution is -2.35. The third-order valence-electron chi connectivity index (χ3n) is 4.69. The van der Waals surface area contributed by atoms with Gasteiger partial charge in [0.2, 0.25) is 6.33 Å². The Kier molecular flexibility index (Phi) is 3.98. The highest BCUT2D eigenvalue weighted by atomic mass is 16.1. The number of nitrogens with two attached hydrogens (primary N) is 2. The standard InChI is InChI=1S/C17H23N5O/c1-12-9-14(3-4-15(12)18)21-6-5-13(10-21)16(17(19)23)22-8-7-20(2)11-22/h3-4,7-9,11,13,16H,5-6,10,18H2,1-2H3,(H-,19,23)/p+1. The molecule has 4 N–H and O–H groups in total. The number of hydrogen-bond acceptors (Lipinski definition) is 3. The zero-order valence-electron chi connectivity index (χ0n) is 13.6. The van der Waals surface area contributed by atoms with Crippen LogP contribution in [0.2, 0.25) is 0 Å². The molecule has 1 aliphatic rings. The highest BCUT2D eigenvalue weighted by Crippen LogP contribution is 2.32. The average molecular weight is 314 g/mol. The predicted molar refractivity (Wildman–Crippen MR) is 89.8 cm³/mol. The van der Waals surface area contributed by atoms with E-state index >= 15 is 0 Å². The molecule has 3 rings (SSSR count). The topological polar surface area (TPSA) is 81.2 Å². The Morgan fingerprint density at radius 2 is 2.22 bits per heavy atom. The fraction of sp³-hybridized carbons (Fsp3) is 0.412. The SMILES string of the molecule is Cc1cc(N2CCC(C(C(N)=O)n3cc[n+](C)c3)C2)ccc1N. The third-order valence-corrected chi connectivity index (χ3v) is 4.69. The molecule has 1 aromatic heterocycles. The van der Waals surface area contributed by atoms with Crippen molar-refractivity contribution in [3.8, 4) is 0 Å². The second-order valence-electron chi connectivity index (χ2n) is 6.41. The number of rotatable bonds is 4. The number of nitrogen functional groups attached to an aromatic ring is 1. The number of nitrogens with zero attached hydrogens (tertiary/aromatic N) is 3. The molecule has 23 heavy (non-hydrogen) atoms. The summed E-state index contributed by atoms with van der Waals surface area (Å²) < 4.78 is 3.84. The zero-order chi connectivity index (χ0) is 16.6. The number of carbonyl (C=O) groups excluding carboxylic acids is 1. The van der Waals surface area contributed by atoms with E-state index in [0.29, 0.717) is 0 Å². The number of anilines is 2. The maximum absolute atomic E-state index is 12.0. The van der Waals surface area contributed by atoms with Gasteiger partial charge in [0.15, 0.2) is 6.04 Å². The van der Waals surface area contributed by atoms with Crippen LogP contribution in [0.15, 0.2) is 36.9 Å².